The maximum atomic E-state index is 12.3. The van der Waals surface area contributed by atoms with Crippen molar-refractivity contribution in [1.82, 2.24) is 0 Å². The summed E-state index contributed by atoms with van der Waals surface area (Å²) in [5.74, 6) is 0.0274. The Kier molecular flexibility index (Phi) is 6.56. The third-order valence-corrected chi connectivity index (χ3v) is 8.62. The van der Waals surface area contributed by atoms with E-state index < -0.39 is 8.32 Å². The van der Waals surface area contributed by atoms with E-state index in [0.29, 0.717) is 18.6 Å². The molecule has 0 atom stereocenters. The molecule has 0 spiro atoms. The Balaban J connectivity index is 2.25. The van der Waals surface area contributed by atoms with Crippen LogP contribution in [0.5, 0.6) is 0 Å². The van der Waals surface area contributed by atoms with Gasteiger partial charge in [0.05, 0.1) is 0 Å². The highest BCUT2D eigenvalue weighted by Gasteiger charge is 2.45. The highest BCUT2D eigenvalue weighted by Crippen LogP contribution is 2.11. The van der Waals surface area contributed by atoms with Crippen molar-refractivity contribution in [3.05, 3.63) is 91.0 Å². The number of benzene rings is 3. The predicted octanol–water partition coefficient (Wildman–Crippen LogP) is 3.42. The van der Waals surface area contributed by atoms with Crippen molar-refractivity contribution in [2.75, 3.05) is 0 Å². The zero-order chi connectivity index (χ0) is 19.8. The van der Waals surface area contributed by atoms with E-state index in [-0.39, 0.29) is 5.78 Å². The molecule has 0 saturated heterocycles. The third kappa shape index (κ3) is 3.97. The summed E-state index contributed by atoms with van der Waals surface area (Å²) in [7, 11) is -2.90. The molecular weight excluding hydrogens is 362 g/mol. The number of nitrogens with zero attached hydrogens (tertiary/aromatic N) is 1. The average molecular weight is 388 g/mol. The number of carbonyl (C=O) groups is 1. The molecule has 3 rings (SSSR count). The summed E-state index contributed by atoms with van der Waals surface area (Å²) in [5.41, 5.74) is 0.488. The van der Waals surface area contributed by atoms with E-state index in [1.165, 1.54) is 0 Å². The molecule has 28 heavy (non-hydrogen) atoms. The number of carbonyl (C=O) groups excluding carboxylic acids is 1. The van der Waals surface area contributed by atoms with Crippen LogP contribution in [0.2, 0.25) is 0 Å². The summed E-state index contributed by atoms with van der Waals surface area (Å²) in [4.78, 5) is 12.3. The molecule has 4 heteroatoms. The molecule has 3 aromatic carbocycles. The number of oxime groups is 1. The summed E-state index contributed by atoms with van der Waals surface area (Å²) in [5, 5.41) is 7.72. The van der Waals surface area contributed by atoms with Gasteiger partial charge in [-0.1, -0.05) is 105 Å². The van der Waals surface area contributed by atoms with Gasteiger partial charge in [-0.2, -0.15) is 0 Å². The lowest BCUT2D eigenvalue weighted by molar-refractivity contribution is -0.112. The van der Waals surface area contributed by atoms with Crippen molar-refractivity contribution in [3.63, 3.8) is 0 Å². The molecule has 3 aromatic rings. The van der Waals surface area contributed by atoms with Gasteiger partial charge in [0.2, 0.25) is 0 Å². The maximum absolute atomic E-state index is 12.3. The van der Waals surface area contributed by atoms with Gasteiger partial charge < -0.3 is 4.53 Å². The lowest BCUT2D eigenvalue weighted by Gasteiger charge is -2.30. The summed E-state index contributed by atoms with van der Waals surface area (Å²) < 4.78 is 6.47. The molecule has 0 aromatic heterocycles. The van der Waals surface area contributed by atoms with Crippen molar-refractivity contribution >= 4 is 35.4 Å². The fraction of sp³-hybridized carbons (Fsp3) is 0.167. The monoisotopic (exact) mass is 387 g/mol. The zero-order valence-electron chi connectivity index (χ0n) is 16.3. The molecule has 142 valence electrons. The molecule has 0 heterocycles. The van der Waals surface area contributed by atoms with Gasteiger partial charge in [-0.3, -0.25) is 4.79 Å². The Labute approximate surface area is 167 Å². The Morgan fingerprint density at radius 3 is 1.43 bits per heavy atom. The molecule has 0 fully saturated rings. The number of hydrogen-bond donors (Lipinski definition) is 0. The van der Waals surface area contributed by atoms with Gasteiger partial charge in [0, 0.05) is 6.42 Å². The zero-order valence-corrected chi connectivity index (χ0v) is 17.3. The highest BCUT2D eigenvalue weighted by molar-refractivity contribution is 7.07. The van der Waals surface area contributed by atoms with Crippen LogP contribution in [0.4, 0.5) is 0 Å². The summed E-state index contributed by atoms with van der Waals surface area (Å²) in [6.07, 6.45) is 0.974. The molecular formula is C24H25NO2Si. The minimum Gasteiger partial charge on any atom is -0.438 e. The lowest BCUT2D eigenvalue weighted by Crippen LogP contribution is -2.68. The van der Waals surface area contributed by atoms with E-state index in [0.717, 1.165) is 15.6 Å². The summed E-state index contributed by atoms with van der Waals surface area (Å²) >= 11 is 0. The molecule has 0 N–H and O–H groups in total. The van der Waals surface area contributed by atoms with Gasteiger partial charge in [0.1, 0.15) is 5.71 Å². The van der Waals surface area contributed by atoms with Gasteiger partial charge in [-0.05, 0) is 22.0 Å². The molecule has 0 amide bonds. The van der Waals surface area contributed by atoms with Crippen LogP contribution in [0, 0.1) is 0 Å². The molecule has 3 nitrogen and oxygen atoms in total. The van der Waals surface area contributed by atoms with Crippen LogP contribution in [0.25, 0.3) is 0 Å². The Bertz CT molecular complexity index is 828. The fourth-order valence-electron chi connectivity index (χ4n) is 3.32. The number of rotatable bonds is 8. The van der Waals surface area contributed by atoms with Gasteiger partial charge in [0.15, 0.2) is 5.78 Å². The molecule has 0 unspecified atom stereocenters. The van der Waals surface area contributed by atoms with E-state index in [1.807, 2.05) is 68.4 Å². The van der Waals surface area contributed by atoms with E-state index in [9.17, 15) is 4.79 Å². The van der Waals surface area contributed by atoms with E-state index in [1.54, 1.807) is 0 Å². The average Bonchev–Trinajstić information content (AvgIpc) is 2.78. The second-order valence-corrected chi connectivity index (χ2v) is 9.82. The standard InChI is InChI=1S/C24H25NO2Si/c1-3-23(24(26)4-2)25-27-28(20-14-8-5-9-15-20,21-16-10-6-11-17-21)22-18-12-7-13-19-22/h5-19H,3-4H2,1-2H3. The van der Waals surface area contributed by atoms with Crippen molar-refractivity contribution in [1.29, 1.82) is 0 Å². The molecule has 0 aliphatic heterocycles. The quantitative estimate of drug-likeness (QED) is 0.257. The molecule has 0 radical (unpaired) electrons. The largest absolute Gasteiger partial charge is 0.438 e. The molecule has 0 aliphatic rings. The van der Waals surface area contributed by atoms with E-state index >= 15 is 0 Å². The normalized spacial score (nSPS) is 11.9. The van der Waals surface area contributed by atoms with E-state index in [4.69, 9.17) is 4.53 Å². The van der Waals surface area contributed by atoms with Crippen molar-refractivity contribution in [3.8, 4) is 0 Å². The topological polar surface area (TPSA) is 38.7 Å². The first kappa shape index (κ1) is 19.8. The first-order valence-corrected chi connectivity index (χ1v) is 11.6. The SMILES string of the molecule is CCC(=O)C(CC)=NO[Si](c1ccccc1)(c1ccccc1)c1ccccc1. The van der Waals surface area contributed by atoms with Crippen molar-refractivity contribution in [2.45, 2.75) is 26.7 Å². The van der Waals surface area contributed by atoms with Crippen LogP contribution >= 0.6 is 0 Å². The lowest BCUT2D eigenvalue weighted by atomic mass is 10.1. The second-order valence-electron chi connectivity index (χ2n) is 6.54. The maximum Gasteiger partial charge on any atom is 0.380 e. The Hall–Kier alpha value is -2.98. The minimum absolute atomic E-state index is 0.0274. The van der Waals surface area contributed by atoms with Gasteiger partial charge in [-0.25, -0.2) is 0 Å². The predicted molar refractivity (Wildman–Crippen MR) is 118 cm³/mol. The number of hydrogen-bond acceptors (Lipinski definition) is 3. The van der Waals surface area contributed by atoms with Crippen LogP contribution in [0.3, 0.4) is 0 Å². The van der Waals surface area contributed by atoms with Crippen molar-refractivity contribution < 1.29 is 9.32 Å². The molecule has 0 bridgehead atoms. The van der Waals surface area contributed by atoms with Crippen LogP contribution in [-0.4, -0.2) is 19.8 Å². The smallest absolute Gasteiger partial charge is 0.380 e. The fourth-order valence-corrected chi connectivity index (χ4v) is 6.87. The van der Waals surface area contributed by atoms with Crippen LogP contribution < -0.4 is 15.6 Å². The van der Waals surface area contributed by atoms with Crippen LogP contribution in [0.15, 0.2) is 96.2 Å². The highest BCUT2D eigenvalue weighted by atomic mass is 28.4. The van der Waals surface area contributed by atoms with Gasteiger partial charge in [0.25, 0.3) is 0 Å². The van der Waals surface area contributed by atoms with E-state index in [2.05, 4.69) is 41.6 Å². The second kappa shape index (κ2) is 9.29. The molecule has 0 aliphatic carbocycles. The third-order valence-electron chi connectivity index (χ3n) is 4.81. The van der Waals surface area contributed by atoms with Crippen molar-refractivity contribution in [2.24, 2.45) is 5.16 Å². The first-order chi connectivity index (χ1) is 13.7. The van der Waals surface area contributed by atoms with Gasteiger partial charge in [-0.15, -0.1) is 5.16 Å². The number of Topliss-reactive ketones (excluding diaryl/α,β-unsaturated/α-hetero) is 1. The van der Waals surface area contributed by atoms with Crippen LogP contribution in [0.1, 0.15) is 26.7 Å². The summed E-state index contributed by atoms with van der Waals surface area (Å²) in [6, 6.07) is 30.7. The Morgan fingerprint density at radius 1 is 0.714 bits per heavy atom. The minimum atomic E-state index is -2.90. The molecule has 0 saturated carbocycles. The van der Waals surface area contributed by atoms with Gasteiger partial charge >= 0.3 is 8.32 Å². The summed E-state index contributed by atoms with van der Waals surface area (Å²) in [6.45, 7) is 3.79. The Morgan fingerprint density at radius 2 is 1.11 bits per heavy atom. The number of ketones is 1. The first-order valence-electron chi connectivity index (χ1n) is 9.67. The van der Waals surface area contributed by atoms with Crippen LogP contribution in [-0.2, 0) is 9.32 Å².